The van der Waals surface area contributed by atoms with Gasteiger partial charge in [0.05, 0.1) is 11.7 Å². The summed E-state index contributed by atoms with van der Waals surface area (Å²) < 4.78 is 48.0. The minimum absolute atomic E-state index is 0.192. The van der Waals surface area contributed by atoms with Crippen molar-refractivity contribution in [3.63, 3.8) is 0 Å². The minimum Gasteiger partial charge on any atom is -0.370 e. The molecule has 3 saturated heterocycles. The Morgan fingerprint density at radius 3 is 2.84 bits per heavy atom. The molecule has 0 radical (unpaired) electrons. The molecule has 5 nitrogen and oxygen atoms in total. The molecule has 1 spiro atoms. The van der Waals surface area contributed by atoms with E-state index in [1.807, 2.05) is 14.1 Å². The number of rotatable bonds is 4. The Labute approximate surface area is 148 Å². The van der Waals surface area contributed by atoms with Crippen LogP contribution in [0.25, 0.3) is 0 Å². The van der Waals surface area contributed by atoms with Crippen LogP contribution < -0.4 is 0 Å². The maximum atomic E-state index is 14.3. The number of ether oxygens (including phenoxy) is 1. The summed E-state index contributed by atoms with van der Waals surface area (Å²) in [7, 11) is 0.218. The zero-order valence-electron chi connectivity index (χ0n) is 14.9. The van der Waals surface area contributed by atoms with Gasteiger partial charge >= 0.3 is 0 Å². The van der Waals surface area contributed by atoms with Crippen LogP contribution in [-0.2, 0) is 14.8 Å². The number of hydrogen-bond donors (Lipinski definition) is 0. The fourth-order valence-electron chi connectivity index (χ4n) is 4.95. The third-order valence-electron chi connectivity index (χ3n) is 6.03. The Kier molecular flexibility index (Phi) is 3.99. The number of nitrogens with zero attached hydrogens (tertiary/aromatic N) is 2. The standard InChI is InChI=1S/C18H25FN2O3S/c1-12-4-5-17(15(19)8-12)25(22,23)21-10-14-13(9-20(2)3)16-6-7-18(14,11-21)24-16/h4-5,8,13-14,16H,6-7,9-11H2,1-3H3/t13-,14+,16+,18+/m0/s1. The SMILES string of the molecule is Cc1ccc(S(=O)(=O)N2C[C@@H]3[C@H](CN(C)C)[C@H]4CC[C@]3(C2)O4)c(F)c1. The fourth-order valence-corrected chi connectivity index (χ4v) is 6.52. The lowest BCUT2D eigenvalue weighted by Gasteiger charge is -2.31. The van der Waals surface area contributed by atoms with Crippen LogP contribution in [0.4, 0.5) is 4.39 Å². The zero-order valence-corrected chi connectivity index (χ0v) is 15.7. The molecule has 3 aliphatic heterocycles. The van der Waals surface area contributed by atoms with E-state index in [1.54, 1.807) is 13.0 Å². The van der Waals surface area contributed by atoms with Gasteiger partial charge in [0.15, 0.2) is 0 Å². The van der Waals surface area contributed by atoms with Gasteiger partial charge in [0.1, 0.15) is 10.7 Å². The Bertz CT molecular complexity index is 798. The van der Waals surface area contributed by atoms with Crippen LogP contribution in [0.2, 0.25) is 0 Å². The van der Waals surface area contributed by atoms with Gasteiger partial charge < -0.3 is 9.64 Å². The second-order valence-electron chi connectivity index (χ2n) is 8.02. The van der Waals surface area contributed by atoms with E-state index in [2.05, 4.69) is 4.90 Å². The van der Waals surface area contributed by atoms with Gasteiger partial charge in [-0.2, -0.15) is 4.31 Å². The third kappa shape index (κ3) is 2.63. The summed E-state index contributed by atoms with van der Waals surface area (Å²) in [5.74, 6) is -0.145. The molecule has 7 heteroatoms. The van der Waals surface area contributed by atoms with Gasteiger partial charge in [-0.05, 0) is 51.6 Å². The van der Waals surface area contributed by atoms with Crippen molar-refractivity contribution in [3.05, 3.63) is 29.6 Å². The van der Waals surface area contributed by atoms with Crippen molar-refractivity contribution in [2.75, 3.05) is 33.7 Å². The van der Waals surface area contributed by atoms with Crippen LogP contribution in [0.3, 0.4) is 0 Å². The number of halogens is 1. The number of aryl methyl sites for hydroxylation is 1. The van der Waals surface area contributed by atoms with Gasteiger partial charge in [-0.25, -0.2) is 12.8 Å². The molecule has 1 aromatic rings. The van der Waals surface area contributed by atoms with Crippen molar-refractivity contribution in [2.45, 2.75) is 36.4 Å². The lowest BCUT2D eigenvalue weighted by Crippen LogP contribution is -2.40. The van der Waals surface area contributed by atoms with E-state index in [9.17, 15) is 12.8 Å². The summed E-state index contributed by atoms with van der Waals surface area (Å²) in [6, 6.07) is 4.29. The van der Waals surface area contributed by atoms with E-state index in [0.29, 0.717) is 24.6 Å². The van der Waals surface area contributed by atoms with Crippen molar-refractivity contribution < 1.29 is 17.5 Å². The van der Waals surface area contributed by atoms with Crippen molar-refractivity contribution in [2.24, 2.45) is 11.8 Å². The Morgan fingerprint density at radius 2 is 2.16 bits per heavy atom. The first-order chi connectivity index (χ1) is 11.7. The second kappa shape index (κ2) is 5.74. The molecule has 0 N–H and O–H groups in total. The topological polar surface area (TPSA) is 49.9 Å². The first-order valence-corrected chi connectivity index (χ1v) is 10.3. The maximum absolute atomic E-state index is 14.3. The molecule has 3 aliphatic rings. The molecular formula is C18H25FN2O3S. The largest absolute Gasteiger partial charge is 0.370 e. The van der Waals surface area contributed by atoms with Gasteiger partial charge in [-0.15, -0.1) is 0 Å². The van der Waals surface area contributed by atoms with Gasteiger partial charge in [0.2, 0.25) is 10.0 Å². The molecule has 25 heavy (non-hydrogen) atoms. The third-order valence-corrected chi connectivity index (χ3v) is 7.88. The lowest BCUT2D eigenvalue weighted by atomic mass is 9.73. The quantitative estimate of drug-likeness (QED) is 0.814. The summed E-state index contributed by atoms with van der Waals surface area (Å²) in [4.78, 5) is 1.91. The Hall–Kier alpha value is -1.02. The summed E-state index contributed by atoms with van der Waals surface area (Å²) in [5.41, 5.74) is 0.334. The van der Waals surface area contributed by atoms with Gasteiger partial charge in [0.25, 0.3) is 0 Å². The van der Waals surface area contributed by atoms with E-state index in [4.69, 9.17) is 4.74 Å². The Morgan fingerprint density at radius 1 is 1.40 bits per heavy atom. The van der Waals surface area contributed by atoms with Crippen LogP contribution >= 0.6 is 0 Å². The number of benzene rings is 1. The molecule has 4 atom stereocenters. The summed E-state index contributed by atoms with van der Waals surface area (Å²) in [6.07, 6.45) is 2.12. The van der Waals surface area contributed by atoms with Crippen LogP contribution in [0.5, 0.6) is 0 Å². The first-order valence-electron chi connectivity index (χ1n) is 8.82. The molecule has 4 rings (SSSR count). The van der Waals surface area contributed by atoms with Crippen LogP contribution in [0.15, 0.2) is 23.1 Å². The fraction of sp³-hybridized carbons (Fsp3) is 0.667. The number of fused-ring (bicyclic) bond motifs is 1. The molecule has 3 heterocycles. The second-order valence-corrected chi connectivity index (χ2v) is 9.93. The van der Waals surface area contributed by atoms with E-state index < -0.39 is 15.8 Å². The molecule has 0 saturated carbocycles. The summed E-state index contributed by atoms with van der Waals surface area (Å²) >= 11 is 0. The molecule has 1 aromatic carbocycles. The van der Waals surface area contributed by atoms with Crippen molar-refractivity contribution in [1.29, 1.82) is 0 Å². The average molecular weight is 368 g/mol. The van der Waals surface area contributed by atoms with Gasteiger partial charge in [-0.1, -0.05) is 6.07 Å². The predicted octanol–water partition coefficient (Wildman–Crippen LogP) is 1.86. The van der Waals surface area contributed by atoms with Crippen molar-refractivity contribution >= 4 is 10.0 Å². The highest BCUT2D eigenvalue weighted by molar-refractivity contribution is 7.89. The monoisotopic (exact) mass is 368 g/mol. The molecule has 0 amide bonds. The van der Waals surface area contributed by atoms with Crippen LogP contribution in [0, 0.1) is 24.6 Å². The molecule has 3 fully saturated rings. The summed E-state index contributed by atoms with van der Waals surface area (Å²) in [6.45, 7) is 3.40. The molecule has 0 aliphatic carbocycles. The van der Waals surface area contributed by atoms with Crippen molar-refractivity contribution in [1.82, 2.24) is 9.21 Å². The number of sulfonamides is 1. The highest BCUT2D eigenvalue weighted by Gasteiger charge is 2.64. The van der Waals surface area contributed by atoms with Crippen molar-refractivity contribution in [3.8, 4) is 0 Å². The average Bonchev–Trinajstić information content (AvgIpc) is 3.16. The minimum atomic E-state index is -3.85. The smallest absolute Gasteiger partial charge is 0.246 e. The van der Waals surface area contributed by atoms with Crippen LogP contribution in [-0.4, -0.2) is 63.1 Å². The maximum Gasteiger partial charge on any atom is 0.246 e. The molecule has 0 unspecified atom stereocenters. The van der Waals surface area contributed by atoms with E-state index in [-0.39, 0.29) is 22.5 Å². The molecule has 2 bridgehead atoms. The highest BCUT2D eigenvalue weighted by Crippen LogP contribution is 2.55. The normalized spacial score (nSPS) is 34.8. The molecule has 138 valence electrons. The first kappa shape index (κ1) is 17.4. The summed E-state index contributed by atoms with van der Waals surface area (Å²) in [5, 5.41) is 0. The predicted molar refractivity (Wildman–Crippen MR) is 92.3 cm³/mol. The van der Waals surface area contributed by atoms with Gasteiger partial charge in [-0.3, -0.25) is 0 Å². The van der Waals surface area contributed by atoms with Gasteiger partial charge in [0, 0.05) is 31.5 Å². The molecule has 0 aromatic heterocycles. The highest BCUT2D eigenvalue weighted by atomic mass is 32.2. The number of hydrogen-bond acceptors (Lipinski definition) is 4. The van der Waals surface area contributed by atoms with E-state index in [1.165, 1.54) is 16.4 Å². The van der Waals surface area contributed by atoms with E-state index >= 15 is 0 Å². The lowest BCUT2D eigenvalue weighted by molar-refractivity contribution is 0.00738. The van der Waals surface area contributed by atoms with Crippen LogP contribution in [0.1, 0.15) is 18.4 Å². The Balaban J connectivity index is 1.63. The molecular weight excluding hydrogens is 343 g/mol. The van der Waals surface area contributed by atoms with E-state index in [0.717, 1.165) is 19.4 Å². The zero-order chi connectivity index (χ0) is 18.0.